The fourth-order valence-electron chi connectivity index (χ4n) is 1.55. The van der Waals surface area contributed by atoms with E-state index in [-0.39, 0.29) is 6.23 Å². The van der Waals surface area contributed by atoms with Crippen molar-refractivity contribution in [2.75, 3.05) is 32.9 Å². The van der Waals surface area contributed by atoms with Crippen LogP contribution in [0.5, 0.6) is 0 Å². The van der Waals surface area contributed by atoms with Gasteiger partial charge in [0.2, 0.25) is 0 Å². The van der Waals surface area contributed by atoms with E-state index in [1.54, 1.807) is 0 Å². The van der Waals surface area contributed by atoms with Crippen molar-refractivity contribution in [2.24, 2.45) is 0 Å². The third-order valence-corrected chi connectivity index (χ3v) is 2.41. The van der Waals surface area contributed by atoms with E-state index < -0.39 is 0 Å². The average molecular weight is 187 g/mol. The first-order chi connectivity index (χ1) is 6.38. The Balaban J connectivity index is 2.26. The summed E-state index contributed by atoms with van der Waals surface area (Å²) >= 11 is 0. The van der Waals surface area contributed by atoms with Crippen molar-refractivity contribution in [1.29, 1.82) is 0 Å². The van der Waals surface area contributed by atoms with Crippen molar-refractivity contribution < 1.29 is 9.47 Å². The Bertz CT molecular complexity index is 124. The number of rotatable bonds is 5. The molecule has 3 heteroatoms. The van der Waals surface area contributed by atoms with Gasteiger partial charge < -0.3 is 9.47 Å². The van der Waals surface area contributed by atoms with Crippen LogP contribution < -0.4 is 0 Å². The molecule has 1 rings (SSSR count). The quantitative estimate of drug-likeness (QED) is 0.650. The van der Waals surface area contributed by atoms with Crippen LogP contribution in [0, 0.1) is 0 Å². The smallest absolute Gasteiger partial charge is 0.134 e. The van der Waals surface area contributed by atoms with Crippen LogP contribution in [0.25, 0.3) is 0 Å². The summed E-state index contributed by atoms with van der Waals surface area (Å²) in [5.74, 6) is 0. The summed E-state index contributed by atoms with van der Waals surface area (Å²) in [7, 11) is 0. The molecule has 0 aliphatic carbocycles. The molecule has 1 fully saturated rings. The Hall–Kier alpha value is -0.120. The molecule has 0 amide bonds. The first kappa shape index (κ1) is 11.0. The molecular weight excluding hydrogens is 166 g/mol. The Morgan fingerprint density at radius 3 is 2.69 bits per heavy atom. The minimum atomic E-state index is 0.199. The van der Waals surface area contributed by atoms with E-state index in [2.05, 4.69) is 18.7 Å². The van der Waals surface area contributed by atoms with Crippen molar-refractivity contribution in [3.05, 3.63) is 0 Å². The third-order valence-electron chi connectivity index (χ3n) is 2.41. The van der Waals surface area contributed by atoms with Crippen LogP contribution in [0.15, 0.2) is 0 Å². The molecular formula is C10H21NO2. The first-order valence-electron chi connectivity index (χ1n) is 5.31. The molecule has 0 radical (unpaired) electrons. The lowest BCUT2D eigenvalue weighted by Crippen LogP contribution is -2.44. The highest BCUT2D eigenvalue weighted by Crippen LogP contribution is 2.08. The fraction of sp³-hybridized carbons (Fsp3) is 1.00. The standard InChI is InChI=1S/C10H21NO2/c1-3-5-6-11(4-2)10-9-12-7-8-13-10/h10H,3-9H2,1-2H3. The summed E-state index contributed by atoms with van der Waals surface area (Å²) < 4.78 is 11.0. The number of hydrogen-bond acceptors (Lipinski definition) is 3. The minimum absolute atomic E-state index is 0.199. The molecule has 78 valence electrons. The summed E-state index contributed by atoms with van der Waals surface area (Å²) in [6.07, 6.45) is 2.68. The van der Waals surface area contributed by atoms with E-state index in [1.807, 2.05) is 0 Å². The van der Waals surface area contributed by atoms with Gasteiger partial charge in [0.1, 0.15) is 6.23 Å². The van der Waals surface area contributed by atoms with Gasteiger partial charge in [-0.25, -0.2) is 0 Å². The van der Waals surface area contributed by atoms with Crippen molar-refractivity contribution in [1.82, 2.24) is 4.90 Å². The maximum absolute atomic E-state index is 5.63. The second-order valence-electron chi connectivity index (χ2n) is 3.38. The highest BCUT2D eigenvalue weighted by molar-refractivity contribution is 4.63. The Morgan fingerprint density at radius 1 is 1.31 bits per heavy atom. The summed E-state index contributed by atoms with van der Waals surface area (Å²) in [5, 5.41) is 0. The Kier molecular flexibility index (Phi) is 5.35. The van der Waals surface area contributed by atoms with Crippen LogP contribution in [0.4, 0.5) is 0 Å². The molecule has 0 bridgehead atoms. The van der Waals surface area contributed by atoms with Gasteiger partial charge in [-0.1, -0.05) is 20.3 Å². The first-order valence-corrected chi connectivity index (χ1v) is 5.31. The molecule has 0 aromatic rings. The zero-order valence-electron chi connectivity index (χ0n) is 8.79. The van der Waals surface area contributed by atoms with Crippen LogP contribution in [-0.4, -0.2) is 44.0 Å². The zero-order valence-corrected chi connectivity index (χ0v) is 8.79. The highest BCUT2D eigenvalue weighted by atomic mass is 16.6. The molecule has 1 aliphatic rings. The van der Waals surface area contributed by atoms with Crippen LogP contribution >= 0.6 is 0 Å². The van der Waals surface area contributed by atoms with Gasteiger partial charge in [0, 0.05) is 6.54 Å². The number of likely N-dealkylation sites (N-methyl/N-ethyl adjacent to an activating group) is 1. The summed E-state index contributed by atoms with van der Waals surface area (Å²) in [5.41, 5.74) is 0. The second-order valence-corrected chi connectivity index (χ2v) is 3.38. The minimum Gasteiger partial charge on any atom is -0.375 e. The van der Waals surface area contributed by atoms with Gasteiger partial charge >= 0.3 is 0 Å². The van der Waals surface area contributed by atoms with Crippen molar-refractivity contribution in [3.8, 4) is 0 Å². The lowest BCUT2D eigenvalue weighted by atomic mass is 10.3. The van der Waals surface area contributed by atoms with Gasteiger partial charge in [0.05, 0.1) is 19.8 Å². The Labute approximate surface area is 81.0 Å². The van der Waals surface area contributed by atoms with Gasteiger partial charge in [-0.2, -0.15) is 0 Å². The molecule has 0 N–H and O–H groups in total. The summed E-state index contributed by atoms with van der Waals surface area (Å²) in [4.78, 5) is 2.35. The van der Waals surface area contributed by atoms with Gasteiger partial charge in [-0.3, -0.25) is 4.90 Å². The van der Waals surface area contributed by atoms with Crippen LogP contribution in [0.1, 0.15) is 26.7 Å². The number of nitrogens with zero attached hydrogens (tertiary/aromatic N) is 1. The van der Waals surface area contributed by atoms with E-state index in [0.717, 1.165) is 32.9 Å². The average Bonchev–Trinajstić information content (AvgIpc) is 2.21. The van der Waals surface area contributed by atoms with Crippen LogP contribution in [0.2, 0.25) is 0 Å². The summed E-state index contributed by atoms with van der Waals surface area (Å²) in [6.45, 7) is 8.79. The van der Waals surface area contributed by atoms with Gasteiger partial charge in [0.15, 0.2) is 0 Å². The lowest BCUT2D eigenvalue weighted by Gasteiger charge is -2.33. The lowest BCUT2D eigenvalue weighted by molar-refractivity contribution is -0.153. The molecule has 1 saturated heterocycles. The normalized spacial score (nSPS) is 23.8. The summed E-state index contributed by atoms with van der Waals surface area (Å²) in [6, 6.07) is 0. The van der Waals surface area contributed by atoms with E-state index in [9.17, 15) is 0 Å². The van der Waals surface area contributed by atoms with E-state index in [0.29, 0.717) is 0 Å². The fourth-order valence-corrected chi connectivity index (χ4v) is 1.55. The second kappa shape index (κ2) is 6.35. The van der Waals surface area contributed by atoms with Crippen LogP contribution in [-0.2, 0) is 9.47 Å². The number of ether oxygens (including phenoxy) is 2. The van der Waals surface area contributed by atoms with Crippen molar-refractivity contribution in [2.45, 2.75) is 32.9 Å². The van der Waals surface area contributed by atoms with Crippen molar-refractivity contribution >= 4 is 0 Å². The molecule has 1 aliphatic heterocycles. The monoisotopic (exact) mass is 187 g/mol. The van der Waals surface area contributed by atoms with Crippen molar-refractivity contribution in [3.63, 3.8) is 0 Å². The molecule has 0 saturated carbocycles. The molecule has 1 unspecified atom stereocenters. The SMILES string of the molecule is CCCCN(CC)C1COCCO1. The Morgan fingerprint density at radius 2 is 2.15 bits per heavy atom. The highest BCUT2D eigenvalue weighted by Gasteiger charge is 2.20. The predicted molar refractivity (Wildman–Crippen MR) is 52.7 cm³/mol. The van der Waals surface area contributed by atoms with Gasteiger partial charge in [0.25, 0.3) is 0 Å². The number of unbranched alkanes of at least 4 members (excludes halogenated alkanes) is 1. The van der Waals surface area contributed by atoms with E-state index in [1.165, 1.54) is 12.8 Å². The molecule has 0 spiro atoms. The largest absolute Gasteiger partial charge is 0.375 e. The maximum Gasteiger partial charge on any atom is 0.134 e. The molecule has 3 nitrogen and oxygen atoms in total. The molecule has 1 heterocycles. The zero-order chi connectivity index (χ0) is 9.52. The van der Waals surface area contributed by atoms with Gasteiger partial charge in [-0.05, 0) is 13.0 Å². The van der Waals surface area contributed by atoms with E-state index >= 15 is 0 Å². The molecule has 1 atom stereocenters. The van der Waals surface area contributed by atoms with Crippen LogP contribution in [0.3, 0.4) is 0 Å². The maximum atomic E-state index is 5.63. The topological polar surface area (TPSA) is 21.7 Å². The van der Waals surface area contributed by atoms with E-state index in [4.69, 9.17) is 9.47 Å². The molecule has 0 aromatic carbocycles. The predicted octanol–water partition coefficient (Wildman–Crippen LogP) is 1.48. The molecule has 0 aromatic heterocycles. The number of hydrogen-bond donors (Lipinski definition) is 0. The molecule has 13 heavy (non-hydrogen) atoms. The third kappa shape index (κ3) is 3.63. The van der Waals surface area contributed by atoms with Gasteiger partial charge in [-0.15, -0.1) is 0 Å².